The standard InChI is InChI=1S/C8H9N3.C2H6/c1-6-2-3-8-10-7(9)5-11(8)4-6;1-2/h2-5H,9H2,1H3;1-2H3. The Bertz CT molecular complexity index is 390. The highest BCUT2D eigenvalue weighted by Gasteiger charge is 1.95. The maximum absolute atomic E-state index is 5.51. The third kappa shape index (κ3) is 1.99. The van der Waals surface area contributed by atoms with Crippen LogP contribution in [0.15, 0.2) is 24.5 Å². The van der Waals surface area contributed by atoms with Crippen molar-refractivity contribution in [3.63, 3.8) is 0 Å². The molecule has 0 bridgehead atoms. The molecule has 0 atom stereocenters. The van der Waals surface area contributed by atoms with Gasteiger partial charge in [0.2, 0.25) is 0 Å². The Balaban J connectivity index is 0.000000396. The van der Waals surface area contributed by atoms with Crippen molar-refractivity contribution in [3.05, 3.63) is 30.1 Å². The van der Waals surface area contributed by atoms with Gasteiger partial charge < -0.3 is 10.1 Å². The van der Waals surface area contributed by atoms with Crippen molar-refractivity contribution in [2.24, 2.45) is 0 Å². The molecule has 0 saturated heterocycles. The molecule has 3 nitrogen and oxygen atoms in total. The third-order valence-electron chi connectivity index (χ3n) is 1.62. The monoisotopic (exact) mass is 177 g/mol. The van der Waals surface area contributed by atoms with E-state index in [1.54, 1.807) is 0 Å². The zero-order valence-electron chi connectivity index (χ0n) is 8.28. The number of aromatic nitrogens is 2. The molecule has 2 aromatic heterocycles. The van der Waals surface area contributed by atoms with Crippen molar-refractivity contribution in [2.45, 2.75) is 20.8 Å². The van der Waals surface area contributed by atoms with E-state index in [-0.39, 0.29) is 0 Å². The van der Waals surface area contributed by atoms with E-state index in [2.05, 4.69) is 4.98 Å². The van der Waals surface area contributed by atoms with E-state index in [1.807, 2.05) is 49.7 Å². The minimum absolute atomic E-state index is 0.565. The van der Waals surface area contributed by atoms with Gasteiger partial charge in [0.25, 0.3) is 0 Å². The first-order valence-corrected chi connectivity index (χ1v) is 4.46. The Kier molecular flexibility index (Phi) is 2.90. The van der Waals surface area contributed by atoms with Gasteiger partial charge in [0.05, 0.1) is 6.20 Å². The van der Waals surface area contributed by atoms with E-state index in [9.17, 15) is 0 Å². The fourth-order valence-corrected chi connectivity index (χ4v) is 1.12. The number of rotatable bonds is 0. The maximum atomic E-state index is 5.51. The molecule has 2 heterocycles. The molecule has 0 radical (unpaired) electrons. The lowest BCUT2D eigenvalue weighted by molar-refractivity contribution is 1.16. The molecule has 0 spiro atoms. The quantitative estimate of drug-likeness (QED) is 0.670. The van der Waals surface area contributed by atoms with Gasteiger partial charge in [-0.25, -0.2) is 4.98 Å². The molecule has 2 aromatic rings. The zero-order chi connectivity index (χ0) is 9.84. The summed E-state index contributed by atoms with van der Waals surface area (Å²) in [6, 6.07) is 3.97. The van der Waals surface area contributed by atoms with Crippen LogP contribution < -0.4 is 5.73 Å². The summed E-state index contributed by atoms with van der Waals surface area (Å²) in [5.74, 6) is 0.565. The molecular formula is C10H15N3. The molecule has 0 aliphatic heterocycles. The van der Waals surface area contributed by atoms with Crippen LogP contribution in [0.1, 0.15) is 19.4 Å². The topological polar surface area (TPSA) is 43.3 Å². The van der Waals surface area contributed by atoms with Crippen LogP contribution in [0.3, 0.4) is 0 Å². The summed E-state index contributed by atoms with van der Waals surface area (Å²) in [4.78, 5) is 4.10. The minimum atomic E-state index is 0.565. The second-order valence-corrected chi connectivity index (χ2v) is 2.64. The summed E-state index contributed by atoms with van der Waals surface area (Å²) in [7, 11) is 0. The number of nitrogens with two attached hydrogens (primary N) is 1. The summed E-state index contributed by atoms with van der Waals surface area (Å²) >= 11 is 0. The van der Waals surface area contributed by atoms with Crippen LogP contribution in [0.5, 0.6) is 0 Å². The van der Waals surface area contributed by atoms with E-state index >= 15 is 0 Å². The number of fused-ring (bicyclic) bond motifs is 1. The van der Waals surface area contributed by atoms with Gasteiger partial charge in [-0.05, 0) is 18.6 Å². The minimum Gasteiger partial charge on any atom is -0.382 e. The van der Waals surface area contributed by atoms with Gasteiger partial charge in [-0.15, -0.1) is 0 Å². The number of hydrogen-bond donors (Lipinski definition) is 1. The van der Waals surface area contributed by atoms with Crippen molar-refractivity contribution in [1.29, 1.82) is 0 Å². The highest BCUT2D eigenvalue weighted by molar-refractivity contribution is 5.46. The summed E-state index contributed by atoms with van der Waals surface area (Å²) in [5.41, 5.74) is 7.61. The lowest BCUT2D eigenvalue weighted by Crippen LogP contribution is -1.82. The molecule has 0 saturated carbocycles. The normalized spacial score (nSPS) is 9.46. The molecule has 0 amide bonds. The van der Waals surface area contributed by atoms with Gasteiger partial charge >= 0.3 is 0 Å². The first-order chi connectivity index (χ1) is 6.25. The summed E-state index contributed by atoms with van der Waals surface area (Å²) in [6.07, 6.45) is 3.81. The number of imidazole rings is 1. The largest absolute Gasteiger partial charge is 0.382 e. The maximum Gasteiger partial charge on any atom is 0.142 e. The fourth-order valence-electron chi connectivity index (χ4n) is 1.12. The summed E-state index contributed by atoms with van der Waals surface area (Å²) < 4.78 is 1.92. The van der Waals surface area contributed by atoms with Crippen LogP contribution in [0.2, 0.25) is 0 Å². The van der Waals surface area contributed by atoms with Crippen molar-refractivity contribution >= 4 is 11.5 Å². The first-order valence-electron chi connectivity index (χ1n) is 4.46. The molecule has 0 aliphatic carbocycles. The Hall–Kier alpha value is -1.51. The smallest absolute Gasteiger partial charge is 0.142 e. The molecule has 2 N–H and O–H groups in total. The Morgan fingerprint density at radius 2 is 1.92 bits per heavy atom. The van der Waals surface area contributed by atoms with E-state index in [4.69, 9.17) is 5.73 Å². The Morgan fingerprint density at radius 3 is 2.62 bits per heavy atom. The predicted octanol–water partition coefficient (Wildman–Crippen LogP) is 2.25. The molecule has 0 aromatic carbocycles. The number of aryl methyl sites for hydroxylation is 1. The number of pyridine rings is 1. The van der Waals surface area contributed by atoms with Gasteiger partial charge in [-0.2, -0.15) is 0 Å². The van der Waals surface area contributed by atoms with Gasteiger partial charge in [-0.3, -0.25) is 0 Å². The lowest BCUT2D eigenvalue weighted by Gasteiger charge is -1.92. The molecule has 0 fully saturated rings. The van der Waals surface area contributed by atoms with Gasteiger partial charge in [-0.1, -0.05) is 19.9 Å². The van der Waals surface area contributed by atoms with Crippen molar-refractivity contribution in [2.75, 3.05) is 5.73 Å². The van der Waals surface area contributed by atoms with Crippen LogP contribution in [0, 0.1) is 6.92 Å². The van der Waals surface area contributed by atoms with E-state index in [0.717, 1.165) is 5.65 Å². The number of hydrogen-bond acceptors (Lipinski definition) is 2. The number of anilines is 1. The molecule has 70 valence electrons. The average molecular weight is 177 g/mol. The van der Waals surface area contributed by atoms with Gasteiger partial charge in [0.1, 0.15) is 11.5 Å². The van der Waals surface area contributed by atoms with E-state index < -0.39 is 0 Å². The first kappa shape index (κ1) is 9.58. The van der Waals surface area contributed by atoms with Crippen LogP contribution in [0.25, 0.3) is 5.65 Å². The molecule has 0 aliphatic rings. The molecule has 13 heavy (non-hydrogen) atoms. The van der Waals surface area contributed by atoms with E-state index in [0.29, 0.717) is 5.82 Å². The fraction of sp³-hybridized carbons (Fsp3) is 0.300. The van der Waals surface area contributed by atoms with Crippen molar-refractivity contribution in [3.8, 4) is 0 Å². The third-order valence-corrected chi connectivity index (χ3v) is 1.62. The summed E-state index contributed by atoms with van der Waals surface area (Å²) in [5, 5.41) is 0. The zero-order valence-corrected chi connectivity index (χ0v) is 8.28. The molecule has 2 rings (SSSR count). The van der Waals surface area contributed by atoms with Crippen LogP contribution in [0.4, 0.5) is 5.82 Å². The van der Waals surface area contributed by atoms with Crippen molar-refractivity contribution in [1.82, 2.24) is 9.38 Å². The second kappa shape index (κ2) is 3.94. The Labute approximate surface area is 78.2 Å². The van der Waals surface area contributed by atoms with Gasteiger partial charge in [0, 0.05) is 6.20 Å². The molecule has 0 unspecified atom stereocenters. The second-order valence-electron chi connectivity index (χ2n) is 2.64. The molecule has 3 heteroatoms. The van der Waals surface area contributed by atoms with Crippen LogP contribution in [-0.4, -0.2) is 9.38 Å². The number of nitrogen functional groups attached to an aromatic ring is 1. The highest BCUT2D eigenvalue weighted by atomic mass is 15.0. The van der Waals surface area contributed by atoms with E-state index in [1.165, 1.54) is 5.56 Å². The number of nitrogens with zero attached hydrogens (tertiary/aromatic N) is 2. The molecular weight excluding hydrogens is 162 g/mol. The predicted molar refractivity (Wildman–Crippen MR) is 55.7 cm³/mol. The average Bonchev–Trinajstić information content (AvgIpc) is 2.48. The van der Waals surface area contributed by atoms with Crippen LogP contribution >= 0.6 is 0 Å². The highest BCUT2D eigenvalue weighted by Crippen LogP contribution is 2.07. The summed E-state index contributed by atoms with van der Waals surface area (Å²) in [6.45, 7) is 6.04. The van der Waals surface area contributed by atoms with Crippen molar-refractivity contribution < 1.29 is 0 Å². The van der Waals surface area contributed by atoms with Crippen LogP contribution in [-0.2, 0) is 0 Å². The Morgan fingerprint density at radius 1 is 1.23 bits per heavy atom. The SMILES string of the molecule is CC.Cc1ccc2nc(N)cn2c1. The van der Waals surface area contributed by atoms with Gasteiger partial charge in [0.15, 0.2) is 0 Å². The lowest BCUT2D eigenvalue weighted by atomic mass is 10.3.